The molecule has 0 radical (unpaired) electrons. The average Bonchev–Trinajstić information content (AvgIpc) is 2.67. The Hall–Kier alpha value is -0.970. The van der Waals surface area contributed by atoms with Crippen molar-refractivity contribution < 1.29 is 0 Å². The van der Waals surface area contributed by atoms with E-state index in [0.717, 1.165) is 10.6 Å². The second-order valence-corrected chi connectivity index (χ2v) is 4.59. The van der Waals surface area contributed by atoms with Crippen LogP contribution in [0.2, 0.25) is 5.02 Å². The van der Waals surface area contributed by atoms with Crippen molar-refractivity contribution in [1.82, 2.24) is 4.98 Å². The molecule has 1 aromatic heterocycles. The van der Waals surface area contributed by atoms with Gasteiger partial charge in [-0.1, -0.05) is 42.0 Å². The number of nitrogens with zero attached hydrogens (tertiary/aromatic N) is 1. The van der Waals surface area contributed by atoms with Gasteiger partial charge in [0, 0.05) is 10.9 Å². The molecule has 2 rings (SSSR count). The number of nitrogens with two attached hydrogens (primary N) is 1. The Morgan fingerprint density at radius 1 is 1.40 bits per heavy atom. The summed E-state index contributed by atoms with van der Waals surface area (Å²) in [5, 5.41) is 3.35. The third-order valence-electron chi connectivity index (χ3n) is 1.86. The van der Waals surface area contributed by atoms with Gasteiger partial charge in [-0.3, -0.25) is 0 Å². The van der Waals surface area contributed by atoms with Gasteiger partial charge in [0.25, 0.3) is 0 Å². The van der Waals surface area contributed by atoms with Crippen molar-refractivity contribution in [2.24, 2.45) is 5.73 Å². The highest BCUT2D eigenvalue weighted by Crippen LogP contribution is 2.29. The van der Waals surface area contributed by atoms with Gasteiger partial charge in [-0.15, -0.1) is 11.3 Å². The summed E-state index contributed by atoms with van der Waals surface area (Å²) in [5.74, 6) is 0. The zero-order valence-corrected chi connectivity index (χ0v) is 9.99. The first-order chi connectivity index (χ1) is 7.18. The van der Waals surface area contributed by atoms with Gasteiger partial charge in [-0.05, 0) is 6.07 Å². The second-order valence-electron chi connectivity index (χ2n) is 2.88. The van der Waals surface area contributed by atoms with Crippen molar-refractivity contribution in [3.63, 3.8) is 0 Å². The zero-order chi connectivity index (χ0) is 10.8. The molecule has 5 heteroatoms. The van der Waals surface area contributed by atoms with Crippen LogP contribution in [0, 0.1) is 0 Å². The van der Waals surface area contributed by atoms with Gasteiger partial charge in [0.1, 0.15) is 15.7 Å². The fraction of sp³-hybridized carbons (Fsp3) is 0. The molecular formula is C10H7ClN2S2. The maximum absolute atomic E-state index is 6.05. The molecule has 0 amide bonds. The fourth-order valence-corrected chi connectivity index (χ4v) is 2.46. The number of halogens is 1. The highest BCUT2D eigenvalue weighted by molar-refractivity contribution is 7.80. The van der Waals surface area contributed by atoms with Crippen LogP contribution in [0.1, 0.15) is 5.69 Å². The summed E-state index contributed by atoms with van der Waals surface area (Å²) in [5.41, 5.74) is 7.04. The molecule has 2 N–H and O–H groups in total. The molecule has 0 fully saturated rings. The van der Waals surface area contributed by atoms with Crippen molar-refractivity contribution in [2.45, 2.75) is 0 Å². The van der Waals surface area contributed by atoms with Gasteiger partial charge in [-0.25, -0.2) is 4.98 Å². The molecule has 0 aliphatic carbocycles. The largest absolute Gasteiger partial charge is 0.388 e. The molecule has 0 saturated heterocycles. The van der Waals surface area contributed by atoms with Crippen molar-refractivity contribution >= 4 is 40.1 Å². The molecule has 0 aliphatic rings. The zero-order valence-electron chi connectivity index (χ0n) is 7.61. The predicted molar refractivity (Wildman–Crippen MR) is 68.4 cm³/mol. The second kappa shape index (κ2) is 4.26. The van der Waals surface area contributed by atoms with Crippen LogP contribution in [-0.2, 0) is 0 Å². The van der Waals surface area contributed by atoms with E-state index in [2.05, 4.69) is 4.98 Å². The van der Waals surface area contributed by atoms with E-state index in [1.807, 2.05) is 29.6 Å². The Bertz CT molecular complexity index is 508. The van der Waals surface area contributed by atoms with Crippen LogP contribution in [-0.4, -0.2) is 9.97 Å². The summed E-state index contributed by atoms with van der Waals surface area (Å²) in [6.07, 6.45) is 0. The Balaban J connectivity index is 2.46. The van der Waals surface area contributed by atoms with E-state index in [4.69, 9.17) is 29.6 Å². The molecule has 2 nitrogen and oxygen atoms in total. The third-order valence-corrected chi connectivity index (χ3v) is 3.28. The van der Waals surface area contributed by atoms with Gasteiger partial charge in [0.05, 0.1) is 5.02 Å². The van der Waals surface area contributed by atoms with Crippen molar-refractivity contribution in [3.8, 4) is 10.6 Å². The first-order valence-electron chi connectivity index (χ1n) is 4.18. The molecule has 76 valence electrons. The minimum absolute atomic E-state index is 0.310. The maximum Gasteiger partial charge on any atom is 0.125 e. The lowest BCUT2D eigenvalue weighted by Gasteiger charge is -1.98. The third kappa shape index (κ3) is 2.17. The summed E-state index contributed by atoms with van der Waals surface area (Å²) in [7, 11) is 0. The number of hydrogen-bond acceptors (Lipinski definition) is 3. The van der Waals surface area contributed by atoms with E-state index < -0.39 is 0 Å². The Labute approximate surface area is 102 Å². The summed E-state index contributed by atoms with van der Waals surface area (Å²) < 4.78 is 0. The lowest BCUT2D eigenvalue weighted by Crippen LogP contribution is -2.09. The monoisotopic (exact) mass is 254 g/mol. The van der Waals surface area contributed by atoms with E-state index in [0.29, 0.717) is 15.7 Å². The highest BCUT2D eigenvalue weighted by Gasteiger charge is 2.08. The van der Waals surface area contributed by atoms with E-state index in [9.17, 15) is 0 Å². The molecular weight excluding hydrogens is 248 g/mol. The number of rotatable bonds is 2. The quantitative estimate of drug-likeness (QED) is 0.837. The summed E-state index contributed by atoms with van der Waals surface area (Å²) >= 11 is 12.4. The molecule has 0 saturated carbocycles. The number of benzene rings is 1. The van der Waals surface area contributed by atoms with Crippen LogP contribution in [0.5, 0.6) is 0 Å². The average molecular weight is 255 g/mol. The molecule has 2 aromatic rings. The predicted octanol–water partition coefficient (Wildman–Crippen LogP) is 3.10. The standard InChI is InChI=1S/C10H7ClN2S2/c11-7-4-2-1-3-6(7)10-13-8(5-15-10)9(12)14/h1-5H,(H2,12,14). The smallest absolute Gasteiger partial charge is 0.125 e. The minimum Gasteiger partial charge on any atom is -0.388 e. The van der Waals surface area contributed by atoms with Crippen LogP contribution in [0.25, 0.3) is 10.6 Å². The first-order valence-corrected chi connectivity index (χ1v) is 5.85. The van der Waals surface area contributed by atoms with Gasteiger partial charge in [0.15, 0.2) is 0 Å². The SMILES string of the molecule is NC(=S)c1csc(-c2ccccc2Cl)n1. The molecule has 0 atom stereocenters. The van der Waals surface area contributed by atoms with Crippen LogP contribution in [0.3, 0.4) is 0 Å². The summed E-state index contributed by atoms with van der Waals surface area (Å²) in [6.45, 7) is 0. The molecule has 0 bridgehead atoms. The van der Waals surface area contributed by atoms with Crippen LogP contribution in [0.4, 0.5) is 0 Å². The lowest BCUT2D eigenvalue weighted by atomic mass is 10.2. The first kappa shape index (κ1) is 10.5. The van der Waals surface area contributed by atoms with Crippen LogP contribution >= 0.6 is 35.2 Å². The Morgan fingerprint density at radius 2 is 2.13 bits per heavy atom. The number of thiazole rings is 1. The lowest BCUT2D eigenvalue weighted by molar-refractivity contribution is 1.37. The molecule has 1 aromatic carbocycles. The number of aromatic nitrogens is 1. The molecule has 0 unspecified atom stereocenters. The van der Waals surface area contributed by atoms with Gasteiger partial charge >= 0.3 is 0 Å². The maximum atomic E-state index is 6.05. The molecule has 0 aliphatic heterocycles. The van der Waals surface area contributed by atoms with Crippen molar-refractivity contribution in [2.75, 3.05) is 0 Å². The summed E-state index contributed by atoms with van der Waals surface area (Å²) in [6, 6.07) is 7.56. The van der Waals surface area contributed by atoms with Gasteiger partial charge < -0.3 is 5.73 Å². The molecule has 15 heavy (non-hydrogen) atoms. The van der Waals surface area contributed by atoms with Gasteiger partial charge in [0.2, 0.25) is 0 Å². The van der Waals surface area contributed by atoms with E-state index >= 15 is 0 Å². The van der Waals surface area contributed by atoms with E-state index in [1.165, 1.54) is 11.3 Å². The highest BCUT2D eigenvalue weighted by atomic mass is 35.5. The fourth-order valence-electron chi connectivity index (χ4n) is 1.15. The summed E-state index contributed by atoms with van der Waals surface area (Å²) in [4.78, 5) is 4.62. The molecule has 1 heterocycles. The molecule has 0 spiro atoms. The van der Waals surface area contributed by atoms with Crippen molar-refractivity contribution in [3.05, 3.63) is 40.4 Å². The van der Waals surface area contributed by atoms with Crippen LogP contribution in [0.15, 0.2) is 29.6 Å². The van der Waals surface area contributed by atoms with Crippen molar-refractivity contribution in [1.29, 1.82) is 0 Å². The van der Waals surface area contributed by atoms with Crippen LogP contribution < -0.4 is 5.73 Å². The minimum atomic E-state index is 0.310. The van der Waals surface area contributed by atoms with E-state index in [-0.39, 0.29) is 0 Å². The normalized spacial score (nSPS) is 10.2. The Morgan fingerprint density at radius 3 is 2.73 bits per heavy atom. The Kier molecular flexibility index (Phi) is 3.00. The number of hydrogen-bond donors (Lipinski definition) is 1. The van der Waals surface area contributed by atoms with E-state index in [1.54, 1.807) is 0 Å². The number of thiocarbonyl (C=S) groups is 1. The topological polar surface area (TPSA) is 38.9 Å². The van der Waals surface area contributed by atoms with Gasteiger partial charge in [-0.2, -0.15) is 0 Å².